The molecule has 1 rings (SSSR count). The van der Waals surface area contributed by atoms with Crippen molar-refractivity contribution in [1.82, 2.24) is 4.98 Å². The summed E-state index contributed by atoms with van der Waals surface area (Å²) in [7, 11) is 0. The van der Waals surface area contributed by atoms with Gasteiger partial charge in [-0.25, -0.2) is 0 Å². The maximum atomic E-state index is 11.4. The van der Waals surface area contributed by atoms with Gasteiger partial charge >= 0.3 is 5.97 Å². The first-order valence-corrected chi connectivity index (χ1v) is 4.44. The minimum atomic E-state index is -0.993. The monoisotopic (exact) mass is 195 g/mol. The first kappa shape index (κ1) is 10.5. The van der Waals surface area contributed by atoms with Crippen molar-refractivity contribution < 1.29 is 9.90 Å². The van der Waals surface area contributed by atoms with E-state index in [1.165, 1.54) is 0 Å². The molecule has 0 unspecified atom stereocenters. The summed E-state index contributed by atoms with van der Waals surface area (Å²) in [4.78, 5) is 24.4. The van der Waals surface area contributed by atoms with Gasteiger partial charge in [-0.05, 0) is 12.0 Å². The van der Waals surface area contributed by atoms with E-state index in [2.05, 4.69) is 4.98 Å². The van der Waals surface area contributed by atoms with E-state index in [-0.39, 0.29) is 17.9 Å². The molecule has 0 bridgehead atoms. The summed E-state index contributed by atoms with van der Waals surface area (Å²) in [5, 5.41) is 8.52. The lowest BCUT2D eigenvalue weighted by atomic mass is 10.1. The zero-order valence-corrected chi connectivity index (χ0v) is 8.20. The highest BCUT2D eigenvalue weighted by Gasteiger charge is 2.06. The first-order valence-electron chi connectivity index (χ1n) is 4.44. The maximum absolute atomic E-state index is 11.4. The third-order valence-corrected chi connectivity index (χ3v) is 1.98. The Morgan fingerprint density at radius 2 is 2.14 bits per heavy atom. The van der Waals surface area contributed by atoms with Crippen LogP contribution in [-0.4, -0.2) is 16.1 Å². The summed E-state index contributed by atoms with van der Waals surface area (Å²) in [6.07, 6.45) is -0.228. The number of aromatic nitrogens is 1. The number of rotatable bonds is 3. The third-order valence-electron chi connectivity index (χ3n) is 1.98. The molecule has 4 heteroatoms. The Morgan fingerprint density at radius 3 is 2.57 bits per heavy atom. The van der Waals surface area contributed by atoms with E-state index >= 15 is 0 Å². The highest BCUT2D eigenvalue weighted by Crippen LogP contribution is 2.09. The predicted molar refractivity (Wildman–Crippen MR) is 52.5 cm³/mol. The molecular formula is C10H13NO3. The highest BCUT2D eigenvalue weighted by molar-refractivity contribution is 5.69. The molecule has 4 nitrogen and oxygen atoms in total. The van der Waals surface area contributed by atoms with Crippen molar-refractivity contribution >= 4 is 5.97 Å². The van der Waals surface area contributed by atoms with Crippen LogP contribution >= 0.6 is 0 Å². The van der Waals surface area contributed by atoms with Crippen LogP contribution in [0.2, 0.25) is 0 Å². The molecule has 1 heterocycles. The molecule has 0 atom stereocenters. The molecule has 0 fully saturated rings. The van der Waals surface area contributed by atoms with Gasteiger partial charge < -0.3 is 10.1 Å². The average Bonchev–Trinajstić information content (AvgIpc) is 2.07. The zero-order chi connectivity index (χ0) is 10.7. The summed E-state index contributed by atoms with van der Waals surface area (Å²) in [5.74, 6) is -0.755. The fourth-order valence-electron chi connectivity index (χ4n) is 1.16. The van der Waals surface area contributed by atoms with Gasteiger partial charge in [-0.3, -0.25) is 9.59 Å². The van der Waals surface area contributed by atoms with Crippen molar-refractivity contribution in [3.05, 3.63) is 33.7 Å². The van der Waals surface area contributed by atoms with Crippen LogP contribution in [0.1, 0.15) is 31.0 Å². The molecule has 0 aromatic carbocycles. The number of pyridine rings is 1. The molecule has 0 radical (unpaired) electrons. The summed E-state index contributed by atoms with van der Waals surface area (Å²) < 4.78 is 0. The second-order valence-electron chi connectivity index (χ2n) is 3.49. The number of nitrogens with one attached hydrogen (secondary N) is 1. The molecule has 2 N–H and O–H groups in total. The van der Waals surface area contributed by atoms with Crippen molar-refractivity contribution in [1.29, 1.82) is 0 Å². The quantitative estimate of drug-likeness (QED) is 0.759. The third kappa shape index (κ3) is 2.45. The van der Waals surface area contributed by atoms with Gasteiger partial charge in [-0.15, -0.1) is 0 Å². The molecule has 1 aromatic heterocycles. The van der Waals surface area contributed by atoms with Gasteiger partial charge in [0, 0.05) is 11.3 Å². The van der Waals surface area contributed by atoms with E-state index in [1.807, 2.05) is 13.8 Å². The van der Waals surface area contributed by atoms with E-state index in [0.29, 0.717) is 5.56 Å². The largest absolute Gasteiger partial charge is 0.481 e. The Labute approximate surface area is 81.6 Å². The van der Waals surface area contributed by atoms with Crippen LogP contribution in [0.15, 0.2) is 16.9 Å². The second-order valence-corrected chi connectivity index (χ2v) is 3.49. The SMILES string of the molecule is CC(C)c1ccc(CC(=O)O)c(=O)[nH]1. The predicted octanol–water partition coefficient (Wildman–Crippen LogP) is 1.13. The molecule has 0 saturated carbocycles. The van der Waals surface area contributed by atoms with Crippen molar-refractivity contribution in [2.75, 3.05) is 0 Å². The van der Waals surface area contributed by atoms with Gasteiger partial charge in [0.05, 0.1) is 6.42 Å². The van der Waals surface area contributed by atoms with Gasteiger partial charge in [0.25, 0.3) is 5.56 Å². The highest BCUT2D eigenvalue weighted by atomic mass is 16.4. The van der Waals surface area contributed by atoms with E-state index < -0.39 is 5.97 Å². The topological polar surface area (TPSA) is 70.2 Å². The van der Waals surface area contributed by atoms with Gasteiger partial charge in [-0.1, -0.05) is 19.9 Å². The molecule has 0 spiro atoms. The molecule has 1 aromatic rings. The zero-order valence-electron chi connectivity index (χ0n) is 8.20. The van der Waals surface area contributed by atoms with Crippen LogP contribution in [0.5, 0.6) is 0 Å². The molecule has 76 valence electrons. The Balaban J connectivity index is 3.02. The number of aromatic amines is 1. The first-order chi connectivity index (χ1) is 6.50. The van der Waals surface area contributed by atoms with E-state index in [1.54, 1.807) is 12.1 Å². The van der Waals surface area contributed by atoms with Gasteiger partial charge in [-0.2, -0.15) is 0 Å². The Hall–Kier alpha value is -1.58. The second kappa shape index (κ2) is 4.09. The van der Waals surface area contributed by atoms with Crippen LogP contribution in [-0.2, 0) is 11.2 Å². The fourth-order valence-corrected chi connectivity index (χ4v) is 1.16. The lowest BCUT2D eigenvalue weighted by Gasteiger charge is -2.05. The molecule has 0 saturated heterocycles. The summed E-state index contributed by atoms with van der Waals surface area (Å²) in [5.41, 5.74) is 0.810. The Kier molecular flexibility index (Phi) is 3.06. The number of H-pyrrole nitrogens is 1. The maximum Gasteiger partial charge on any atom is 0.308 e. The molecule has 0 aliphatic rings. The molecule has 0 aliphatic heterocycles. The molecule has 0 aliphatic carbocycles. The van der Waals surface area contributed by atoms with Crippen LogP contribution in [0.25, 0.3) is 0 Å². The summed E-state index contributed by atoms with van der Waals surface area (Å²) >= 11 is 0. The lowest BCUT2D eigenvalue weighted by molar-refractivity contribution is -0.136. The number of carboxylic acids is 1. The Morgan fingerprint density at radius 1 is 1.50 bits per heavy atom. The minimum Gasteiger partial charge on any atom is -0.481 e. The van der Waals surface area contributed by atoms with Gasteiger partial charge in [0.15, 0.2) is 0 Å². The van der Waals surface area contributed by atoms with Gasteiger partial charge in [0.1, 0.15) is 0 Å². The van der Waals surface area contributed by atoms with Crippen molar-refractivity contribution in [2.45, 2.75) is 26.2 Å². The number of aliphatic carboxylic acids is 1. The van der Waals surface area contributed by atoms with Crippen LogP contribution < -0.4 is 5.56 Å². The lowest BCUT2D eigenvalue weighted by Crippen LogP contribution is -2.17. The van der Waals surface area contributed by atoms with Crippen molar-refractivity contribution in [2.24, 2.45) is 0 Å². The number of hydrogen-bond donors (Lipinski definition) is 2. The number of carbonyl (C=O) groups is 1. The fraction of sp³-hybridized carbons (Fsp3) is 0.400. The molecule has 0 amide bonds. The number of carboxylic acid groups (broad SMARTS) is 1. The summed E-state index contributed by atoms with van der Waals surface area (Å²) in [6.45, 7) is 3.92. The van der Waals surface area contributed by atoms with Crippen molar-refractivity contribution in [3.63, 3.8) is 0 Å². The number of hydrogen-bond acceptors (Lipinski definition) is 2. The van der Waals surface area contributed by atoms with E-state index in [4.69, 9.17) is 5.11 Å². The standard InChI is InChI=1S/C10H13NO3/c1-6(2)8-4-3-7(5-9(12)13)10(14)11-8/h3-4,6H,5H2,1-2H3,(H,11,14)(H,12,13). The smallest absolute Gasteiger partial charge is 0.308 e. The van der Waals surface area contributed by atoms with E-state index in [0.717, 1.165) is 5.69 Å². The normalized spacial score (nSPS) is 10.5. The van der Waals surface area contributed by atoms with Gasteiger partial charge in [0.2, 0.25) is 0 Å². The summed E-state index contributed by atoms with van der Waals surface area (Å²) in [6, 6.07) is 3.33. The van der Waals surface area contributed by atoms with E-state index in [9.17, 15) is 9.59 Å². The minimum absolute atomic E-state index is 0.228. The average molecular weight is 195 g/mol. The molecular weight excluding hydrogens is 182 g/mol. The molecule has 14 heavy (non-hydrogen) atoms. The van der Waals surface area contributed by atoms with Crippen LogP contribution in [0, 0.1) is 0 Å². The van der Waals surface area contributed by atoms with Crippen LogP contribution in [0.4, 0.5) is 0 Å². The van der Waals surface area contributed by atoms with Crippen molar-refractivity contribution in [3.8, 4) is 0 Å². The van der Waals surface area contributed by atoms with Crippen LogP contribution in [0.3, 0.4) is 0 Å². The Bertz CT molecular complexity index is 393.